The third-order valence-electron chi connectivity index (χ3n) is 4.66. The number of hydrogen-bond acceptors (Lipinski definition) is 5. The molecule has 2 N–H and O–H groups in total. The molecule has 3 rings (SSSR count). The van der Waals surface area contributed by atoms with Crippen LogP contribution in [0.5, 0.6) is 5.75 Å². The third kappa shape index (κ3) is 4.99. The zero-order valence-corrected chi connectivity index (χ0v) is 17.0. The van der Waals surface area contributed by atoms with E-state index in [-0.39, 0.29) is 30.5 Å². The van der Waals surface area contributed by atoms with Crippen LogP contribution in [0.15, 0.2) is 24.3 Å². The summed E-state index contributed by atoms with van der Waals surface area (Å²) in [7, 11) is 0. The number of amides is 1. The van der Waals surface area contributed by atoms with Gasteiger partial charge in [-0.2, -0.15) is 0 Å². The number of carbonyl (C=O) groups is 1. The van der Waals surface area contributed by atoms with E-state index in [0.29, 0.717) is 11.6 Å². The van der Waals surface area contributed by atoms with E-state index >= 15 is 0 Å². The molecule has 2 atom stereocenters. The zero-order valence-electron chi connectivity index (χ0n) is 16.2. The fraction of sp³-hybridized carbons (Fsp3) is 0.526. The van der Waals surface area contributed by atoms with Crippen LogP contribution in [0.1, 0.15) is 43.4 Å². The minimum absolute atomic E-state index is 0. The molecule has 2 heterocycles. The van der Waals surface area contributed by atoms with E-state index in [2.05, 4.69) is 27.9 Å². The van der Waals surface area contributed by atoms with Crippen molar-refractivity contribution in [3.8, 4) is 11.4 Å². The number of piperidine rings is 1. The van der Waals surface area contributed by atoms with E-state index in [4.69, 9.17) is 4.74 Å². The Hall–Kier alpha value is -2.12. The van der Waals surface area contributed by atoms with E-state index in [1.165, 1.54) is 0 Å². The lowest BCUT2D eigenvalue weighted by atomic mass is 9.95. The molecule has 148 valence electrons. The maximum absolute atomic E-state index is 12.6. The highest BCUT2D eigenvalue weighted by Crippen LogP contribution is 2.18. The van der Waals surface area contributed by atoms with Crippen molar-refractivity contribution in [2.45, 2.75) is 46.3 Å². The molecule has 0 bridgehead atoms. The first-order chi connectivity index (χ1) is 12.5. The molecule has 1 aromatic carbocycles. The number of aromatic nitrogens is 3. The Labute approximate surface area is 166 Å². The average molecular weight is 394 g/mol. The topological polar surface area (TPSA) is 81.1 Å². The van der Waals surface area contributed by atoms with E-state index in [9.17, 15) is 4.79 Å². The summed E-state index contributed by atoms with van der Waals surface area (Å²) in [5, 5.41) is 14.7. The second-order valence-electron chi connectivity index (χ2n) is 7.15. The first kappa shape index (κ1) is 21.2. The molecule has 8 heteroatoms. The number of benzene rings is 1. The van der Waals surface area contributed by atoms with Crippen molar-refractivity contribution in [2.24, 2.45) is 5.92 Å². The highest BCUT2D eigenvalue weighted by Gasteiger charge is 2.25. The van der Waals surface area contributed by atoms with Gasteiger partial charge in [-0.15, -0.1) is 17.5 Å². The summed E-state index contributed by atoms with van der Waals surface area (Å²) in [4.78, 5) is 12.6. The summed E-state index contributed by atoms with van der Waals surface area (Å²) in [6.07, 6.45) is 1.05. The van der Waals surface area contributed by atoms with Crippen LogP contribution in [0.4, 0.5) is 0 Å². The fourth-order valence-electron chi connectivity index (χ4n) is 3.19. The molecule has 1 aliphatic heterocycles. The van der Waals surface area contributed by atoms with Gasteiger partial charge in [0.15, 0.2) is 5.69 Å². The molecule has 27 heavy (non-hydrogen) atoms. The summed E-state index contributed by atoms with van der Waals surface area (Å²) in [6, 6.07) is 7.78. The summed E-state index contributed by atoms with van der Waals surface area (Å²) >= 11 is 0. The minimum atomic E-state index is -0.160. The number of halogens is 1. The molecule has 2 aromatic rings. The molecule has 0 radical (unpaired) electrons. The molecule has 2 unspecified atom stereocenters. The predicted molar refractivity (Wildman–Crippen MR) is 107 cm³/mol. The van der Waals surface area contributed by atoms with E-state index in [1.807, 2.05) is 45.0 Å². The lowest BCUT2D eigenvalue weighted by molar-refractivity contribution is 0.0908. The molecule has 0 saturated carbocycles. The van der Waals surface area contributed by atoms with Gasteiger partial charge in [0.2, 0.25) is 0 Å². The summed E-state index contributed by atoms with van der Waals surface area (Å²) < 4.78 is 7.34. The Kier molecular flexibility index (Phi) is 7.21. The van der Waals surface area contributed by atoms with Crippen LogP contribution in [0.2, 0.25) is 0 Å². The lowest BCUT2D eigenvalue weighted by Gasteiger charge is -2.29. The number of nitrogens with one attached hydrogen (secondary N) is 2. The second kappa shape index (κ2) is 9.19. The summed E-state index contributed by atoms with van der Waals surface area (Å²) in [5.74, 6) is 1.04. The van der Waals surface area contributed by atoms with Crippen molar-refractivity contribution >= 4 is 18.3 Å². The SMILES string of the molecule is Cc1c(C(=O)NC2CCNCC2C)nnn1-c1ccc(OC(C)C)cc1.Cl. The normalized spacial score (nSPS) is 19.4. The number of ether oxygens (including phenoxy) is 1. The first-order valence-corrected chi connectivity index (χ1v) is 9.16. The van der Waals surface area contributed by atoms with Crippen LogP contribution in [0, 0.1) is 12.8 Å². The second-order valence-corrected chi connectivity index (χ2v) is 7.15. The van der Waals surface area contributed by atoms with Crippen molar-refractivity contribution < 1.29 is 9.53 Å². The van der Waals surface area contributed by atoms with Crippen LogP contribution in [-0.2, 0) is 0 Å². The predicted octanol–water partition coefficient (Wildman–Crippen LogP) is 2.51. The molecule has 0 aliphatic carbocycles. The maximum atomic E-state index is 12.6. The van der Waals surface area contributed by atoms with Gasteiger partial charge < -0.3 is 15.4 Å². The first-order valence-electron chi connectivity index (χ1n) is 9.16. The van der Waals surface area contributed by atoms with Gasteiger partial charge in [-0.1, -0.05) is 12.1 Å². The van der Waals surface area contributed by atoms with Gasteiger partial charge in [-0.25, -0.2) is 4.68 Å². The van der Waals surface area contributed by atoms with Crippen molar-refractivity contribution in [3.05, 3.63) is 35.7 Å². The Balaban J connectivity index is 0.00000261. The average Bonchev–Trinajstić information content (AvgIpc) is 2.99. The van der Waals surface area contributed by atoms with Gasteiger partial charge in [0.1, 0.15) is 5.75 Å². The Morgan fingerprint density at radius 1 is 1.33 bits per heavy atom. The smallest absolute Gasteiger partial charge is 0.273 e. The highest BCUT2D eigenvalue weighted by molar-refractivity contribution is 5.93. The molecule has 7 nitrogen and oxygen atoms in total. The van der Waals surface area contributed by atoms with Crippen LogP contribution in [-0.4, -0.2) is 46.1 Å². The Morgan fingerprint density at radius 3 is 2.67 bits per heavy atom. The Bertz CT molecular complexity index is 760. The van der Waals surface area contributed by atoms with Gasteiger partial charge in [-0.05, 0) is 70.5 Å². The Morgan fingerprint density at radius 2 is 2.04 bits per heavy atom. The van der Waals surface area contributed by atoms with Crippen molar-refractivity contribution in [1.29, 1.82) is 0 Å². The third-order valence-corrected chi connectivity index (χ3v) is 4.66. The van der Waals surface area contributed by atoms with Crippen LogP contribution in [0.3, 0.4) is 0 Å². The molecule has 1 amide bonds. The molecule has 1 fully saturated rings. The molecule has 1 aliphatic rings. The molecule has 1 saturated heterocycles. The molecule has 1 aromatic heterocycles. The van der Waals surface area contributed by atoms with Gasteiger partial charge in [0.25, 0.3) is 5.91 Å². The van der Waals surface area contributed by atoms with Crippen molar-refractivity contribution in [3.63, 3.8) is 0 Å². The van der Waals surface area contributed by atoms with Crippen molar-refractivity contribution in [2.75, 3.05) is 13.1 Å². The van der Waals surface area contributed by atoms with E-state index in [0.717, 1.165) is 36.6 Å². The van der Waals surface area contributed by atoms with Crippen LogP contribution < -0.4 is 15.4 Å². The monoisotopic (exact) mass is 393 g/mol. The van der Waals surface area contributed by atoms with E-state index < -0.39 is 0 Å². The summed E-state index contributed by atoms with van der Waals surface area (Å²) in [6.45, 7) is 9.82. The lowest BCUT2D eigenvalue weighted by Crippen LogP contribution is -2.48. The van der Waals surface area contributed by atoms with Gasteiger partial charge >= 0.3 is 0 Å². The maximum Gasteiger partial charge on any atom is 0.273 e. The quantitative estimate of drug-likeness (QED) is 0.815. The van der Waals surface area contributed by atoms with Crippen LogP contribution >= 0.6 is 12.4 Å². The molecular weight excluding hydrogens is 366 g/mol. The van der Waals surface area contributed by atoms with Gasteiger partial charge in [-0.3, -0.25) is 4.79 Å². The minimum Gasteiger partial charge on any atom is -0.491 e. The van der Waals surface area contributed by atoms with Gasteiger partial charge in [0, 0.05) is 6.04 Å². The van der Waals surface area contributed by atoms with Crippen LogP contribution in [0.25, 0.3) is 5.69 Å². The highest BCUT2D eigenvalue weighted by atomic mass is 35.5. The molecule has 0 spiro atoms. The largest absolute Gasteiger partial charge is 0.491 e. The van der Waals surface area contributed by atoms with E-state index in [1.54, 1.807) is 4.68 Å². The number of carbonyl (C=O) groups excluding carboxylic acids is 1. The van der Waals surface area contributed by atoms with Crippen molar-refractivity contribution in [1.82, 2.24) is 25.6 Å². The number of nitrogens with zero attached hydrogens (tertiary/aromatic N) is 3. The fourth-order valence-corrected chi connectivity index (χ4v) is 3.19. The number of hydrogen-bond donors (Lipinski definition) is 2. The molecular formula is C19H28ClN5O2. The zero-order chi connectivity index (χ0) is 18.7. The number of rotatable bonds is 5. The summed E-state index contributed by atoms with van der Waals surface area (Å²) in [5.41, 5.74) is 1.94. The van der Waals surface area contributed by atoms with Gasteiger partial charge in [0.05, 0.1) is 17.5 Å². The standard InChI is InChI=1S/C19H27N5O2.ClH/c1-12(2)26-16-7-5-15(6-8-16)24-14(4)18(22-23-24)19(25)21-17-9-10-20-11-13(17)3;/h5-8,12-13,17,20H,9-11H2,1-4H3,(H,21,25);1H.